The normalized spacial score (nSPS) is 16.1. The molecule has 0 spiro atoms. The molecule has 0 atom stereocenters. The molecule has 1 aliphatic heterocycles. The number of likely N-dealkylation sites (N-methyl/N-ethyl adjacent to an activating group) is 1. The topological polar surface area (TPSA) is 74.5 Å². The van der Waals surface area contributed by atoms with Gasteiger partial charge in [-0.05, 0) is 18.5 Å². The van der Waals surface area contributed by atoms with Crippen LogP contribution in [0.15, 0.2) is 16.8 Å². The van der Waals surface area contributed by atoms with Gasteiger partial charge in [-0.2, -0.15) is 11.3 Å². The van der Waals surface area contributed by atoms with Crippen LogP contribution in [-0.2, 0) is 0 Å². The van der Waals surface area contributed by atoms with E-state index >= 15 is 0 Å². The van der Waals surface area contributed by atoms with Crippen molar-refractivity contribution in [2.24, 2.45) is 0 Å². The molecule has 3 heterocycles. The van der Waals surface area contributed by atoms with Crippen molar-refractivity contribution >= 4 is 45.2 Å². The Morgan fingerprint density at radius 2 is 2.14 bits per heavy atom. The number of nitrogens with one attached hydrogen (secondary N) is 1. The molecular formula is C13H17N5OS2. The van der Waals surface area contributed by atoms with E-state index in [9.17, 15) is 4.79 Å². The lowest BCUT2D eigenvalue weighted by molar-refractivity contribution is 0.103. The van der Waals surface area contributed by atoms with Gasteiger partial charge < -0.3 is 20.9 Å². The van der Waals surface area contributed by atoms with E-state index < -0.39 is 0 Å². The van der Waals surface area contributed by atoms with Crippen molar-refractivity contribution in [3.05, 3.63) is 21.7 Å². The predicted octanol–water partition coefficient (Wildman–Crippen LogP) is 1.79. The Kier molecular flexibility index (Phi) is 4.09. The molecule has 1 fully saturated rings. The van der Waals surface area contributed by atoms with Crippen LogP contribution in [0.5, 0.6) is 0 Å². The molecule has 1 amide bonds. The molecule has 0 aliphatic carbocycles. The summed E-state index contributed by atoms with van der Waals surface area (Å²) in [7, 11) is 2.10. The molecule has 0 bridgehead atoms. The SMILES string of the molecule is CN1CCN(c2nc(N)c(C(=O)Nc3ccsc3)s2)CC1. The molecule has 0 aromatic carbocycles. The second kappa shape index (κ2) is 6.00. The zero-order valence-corrected chi connectivity index (χ0v) is 13.3. The molecular weight excluding hydrogens is 306 g/mol. The maximum absolute atomic E-state index is 12.2. The Labute approximate surface area is 131 Å². The van der Waals surface area contributed by atoms with E-state index in [2.05, 4.69) is 27.1 Å². The first-order chi connectivity index (χ1) is 10.1. The van der Waals surface area contributed by atoms with E-state index in [1.54, 1.807) is 0 Å². The number of amides is 1. The molecule has 2 aromatic heterocycles. The fourth-order valence-corrected chi connectivity index (χ4v) is 3.66. The zero-order valence-electron chi connectivity index (χ0n) is 11.7. The van der Waals surface area contributed by atoms with Crippen LogP contribution in [0.4, 0.5) is 16.6 Å². The molecule has 0 unspecified atom stereocenters. The molecule has 3 rings (SSSR count). The van der Waals surface area contributed by atoms with Crippen molar-refractivity contribution in [2.45, 2.75) is 0 Å². The molecule has 112 valence electrons. The van der Waals surface area contributed by atoms with Crippen LogP contribution in [0, 0.1) is 0 Å². The Morgan fingerprint density at radius 3 is 2.81 bits per heavy atom. The Bertz CT molecular complexity index is 617. The van der Waals surface area contributed by atoms with E-state index in [4.69, 9.17) is 5.73 Å². The number of hydrogen-bond acceptors (Lipinski definition) is 7. The van der Waals surface area contributed by atoms with Gasteiger partial charge in [0.1, 0.15) is 10.7 Å². The lowest BCUT2D eigenvalue weighted by atomic mass is 10.3. The van der Waals surface area contributed by atoms with Gasteiger partial charge in [-0.3, -0.25) is 4.79 Å². The lowest BCUT2D eigenvalue weighted by Crippen LogP contribution is -2.44. The minimum atomic E-state index is -0.191. The molecule has 8 heteroatoms. The average Bonchev–Trinajstić information content (AvgIpc) is 3.09. The van der Waals surface area contributed by atoms with E-state index in [-0.39, 0.29) is 5.91 Å². The average molecular weight is 323 g/mol. The van der Waals surface area contributed by atoms with Gasteiger partial charge in [0.2, 0.25) is 0 Å². The number of rotatable bonds is 3. The number of carbonyl (C=O) groups excluding carboxylic acids is 1. The number of thiophene rings is 1. The van der Waals surface area contributed by atoms with Crippen molar-refractivity contribution < 1.29 is 4.79 Å². The smallest absolute Gasteiger partial charge is 0.269 e. The van der Waals surface area contributed by atoms with Crippen LogP contribution >= 0.6 is 22.7 Å². The van der Waals surface area contributed by atoms with Crippen molar-refractivity contribution in [2.75, 3.05) is 49.2 Å². The van der Waals surface area contributed by atoms with E-state index in [1.807, 2.05) is 16.8 Å². The maximum Gasteiger partial charge on any atom is 0.269 e. The summed E-state index contributed by atoms with van der Waals surface area (Å²) >= 11 is 2.90. The minimum Gasteiger partial charge on any atom is -0.382 e. The largest absolute Gasteiger partial charge is 0.382 e. The first-order valence-electron chi connectivity index (χ1n) is 6.67. The standard InChI is InChI=1S/C13H17N5OS2/c1-17-3-5-18(6-4-17)13-16-11(14)10(21-13)12(19)15-9-2-7-20-8-9/h2,7-8H,3-6,14H2,1H3,(H,15,19). The Balaban J connectivity index is 1.73. The number of anilines is 3. The molecule has 1 aliphatic rings. The molecule has 2 aromatic rings. The monoisotopic (exact) mass is 323 g/mol. The number of nitrogen functional groups attached to an aromatic ring is 1. The summed E-state index contributed by atoms with van der Waals surface area (Å²) in [5.74, 6) is 0.116. The molecule has 0 radical (unpaired) electrons. The molecule has 3 N–H and O–H groups in total. The second-order valence-electron chi connectivity index (χ2n) is 4.97. The summed E-state index contributed by atoms with van der Waals surface area (Å²) in [6.07, 6.45) is 0. The van der Waals surface area contributed by atoms with Gasteiger partial charge in [-0.1, -0.05) is 11.3 Å². The van der Waals surface area contributed by atoms with Crippen LogP contribution in [0.2, 0.25) is 0 Å². The molecule has 21 heavy (non-hydrogen) atoms. The van der Waals surface area contributed by atoms with E-state index in [0.29, 0.717) is 10.7 Å². The van der Waals surface area contributed by atoms with Gasteiger partial charge in [0, 0.05) is 31.6 Å². The van der Waals surface area contributed by atoms with Crippen molar-refractivity contribution in [1.29, 1.82) is 0 Å². The minimum absolute atomic E-state index is 0.191. The Morgan fingerprint density at radius 1 is 1.38 bits per heavy atom. The summed E-state index contributed by atoms with van der Waals surface area (Å²) in [6.45, 7) is 3.82. The third kappa shape index (κ3) is 3.17. The maximum atomic E-state index is 12.2. The van der Waals surface area contributed by atoms with E-state index in [0.717, 1.165) is 37.0 Å². The van der Waals surface area contributed by atoms with Gasteiger partial charge in [0.25, 0.3) is 5.91 Å². The van der Waals surface area contributed by atoms with Crippen LogP contribution in [0.1, 0.15) is 9.67 Å². The first-order valence-corrected chi connectivity index (χ1v) is 8.43. The number of nitrogens with zero attached hydrogens (tertiary/aromatic N) is 3. The highest BCUT2D eigenvalue weighted by Gasteiger charge is 2.22. The van der Waals surface area contributed by atoms with Crippen LogP contribution < -0.4 is 16.0 Å². The molecule has 0 saturated carbocycles. The number of carbonyl (C=O) groups is 1. The van der Waals surface area contributed by atoms with Gasteiger partial charge in [-0.25, -0.2) is 4.98 Å². The third-order valence-electron chi connectivity index (χ3n) is 3.40. The Hall–Kier alpha value is -1.64. The highest BCUT2D eigenvalue weighted by atomic mass is 32.1. The quantitative estimate of drug-likeness (QED) is 0.901. The van der Waals surface area contributed by atoms with Crippen LogP contribution in [0.3, 0.4) is 0 Å². The summed E-state index contributed by atoms with van der Waals surface area (Å²) in [6, 6.07) is 1.86. The van der Waals surface area contributed by atoms with Crippen molar-refractivity contribution in [3.63, 3.8) is 0 Å². The number of thiazole rings is 1. The van der Waals surface area contributed by atoms with Crippen molar-refractivity contribution in [1.82, 2.24) is 9.88 Å². The first kappa shape index (κ1) is 14.3. The number of nitrogens with two attached hydrogens (primary N) is 1. The van der Waals surface area contributed by atoms with Crippen LogP contribution in [0.25, 0.3) is 0 Å². The van der Waals surface area contributed by atoms with E-state index in [1.165, 1.54) is 22.7 Å². The molecule has 6 nitrogen and oxygen atoms in total. The highest BCUT2D eigenvalue weighted by molar-refractivity contribution is 7.18. The predicted molar refractivity (Wildman–Crippen MR) is 88.5 cm³/mol. The summed E-state index contributed by atoms with van der Waals surface area (Å²) in [5.41, 5.74) is 6.70. The molecule has 1 saturated heterocycles. The number of hydrogen-bond donors (Lipinski definition) is 2. The van der Waals surface area contributed by atoms with Gasteiger partial charge in [-0.15, -0.1) is 0 Å². The zero-order chi connectivity index (χ0) is 14.8. The van der Waals surface area contributed by atoms with Gasteiger partial charge in [0.05, 0.1) is 5.69 Å². The second-order valence-corrected chi connectivity index (χ2v) is 6.72. The van der Waals surface area contributed by atoms with Crippen LogP contribution in [-0.4, -0.2) is 49.0 Å². The third-order valence-corrected chi connectivity index (χ3v) is 5.22. The number of piperazine rings is 1. The summed E-state index contributed by atoms with van der Waals surface area (Å²) < 4.78 is 0. The van der Waals surface area contributed by atoms with Crippen molar-refractivity contribution in [3.8, 4) is 0 Å². The highest BCUT2D eigenvalue weighted by Crippen LogP contribution is 2.29. The summed E-state index contributed by atoms with van der Waals surface area (Å²) in [5, 5.41) is 7.47. The summed E-state index contributed by atoms with van der Waals surface area (Å²) in [4.78, 5) is 21.5. The van der Waals surface area contributed by atoms with Gasteiger partial charge >= 0.3 is 0 Å². The van der Waals surface area contributed by atoms with Gasteiger partial charge in [0.15, 0.2) is 5.13 Å². The fraction of sp³-hybridized carbons (Fsp3) is 0.385. The number of aromatic nitrogens is 1. The lowest BCUT2D eigenvalue weighted by Gasteiger charge is -2.31. The fourth-order valence-electron chi connectivity index (χ4n) is 2.14.